The van der Waals surface area contributed by atoms with E-state index in [1.54, 1.807) is 20.8 Å². The van der Waals surface area contributed by atoms with Crippen molar-refractivity contribution in [3.8, 4) is 0 Å². The number of Topliss-reactive ketones (excluding diaryl/α,β-unsaturated/α-hetero) is 1. The van der Waals surface area contributed by atoms with Crippen molar-refractivity contribution in [2.75, 3.05) is 0 Å². The number of aliphatic hydroxyl groups is 1. The van der Waals surface area contributed by atoms with Crippen LogP contribution in [0.5, 0.6) is 0 Å². The summed E-state index contributed by atoms with van der Waals surface area (Å²) in [7, 11) is 0. The number of carbonyl (C=O) groups excluding carboxylic acids is 1. The van der Waals surface area contributed by atoms with Gasteiger partial charge < -0.3 is 5.11 Å². The number of aliphatic hydroxyl groups excluding tert-OH is 1. The Morgan fingerprint density at radius 1 is 1.31 bits per heavy atom. The molecule has 1 N–H and O–H groups in total. The SMILES string of the molecule is CC(C)(C)C(O)C(=O)c1cccc(F)c1F. The first-order chi connectivity index (χ1) is 7.25. The maximum atomic E-state index is 13.3. The average Bonchev–Trinajstić information content (AvgIpc) is 2.18. The van der Waals surface area contributed by atoms with E-state index in [0.29, 0.717) is 0 Å². The number of ketones is 1. The summed E-state index contributed by atoms with van der Waals surface area (Å²) < 4.78 is 26.2. The number of hydrogen-bond acceptors (Lipinski definition) is 2. The number of carbonyl (C=O) groups is 1. The Labute approximate surface area is 92.9 Å². The van der Waals surface area contributed by atoms with Crippen LogP contribution in [0.1, 0.15) is 31.1 Å². The molecule has 0 aliphatic rings. The molecule has 1 aromatic carbocycles. The smallest absolute Gasteiger partial charge is 0.194 e. The summed E-state index contributed by atoms with van der Waals surface area (Å²) in [5, 5.41) is 9.68. The summed E-state index contributed by atoms with van der Waals surface area (Å²) in [5.41, 5.74) is -1.13. The molecule has 0 fully saturated rings. The summed E-state index contributed by atoms with van der Waals surface area (Å²) in [6.07, 6.45) is -1.36. The Kier molecular flexibility index (Phi) is 3.43. The molecule has 1 unspecified atom stereocenters. The molecule has 0 saturated heterocycles. The van der Waals surface area contributed by atoms with Gasteiger partial charge in [0.15, 0.2) is 17.4 Å². The van der Waals surface area contributed by atoms with E-state index in [4.69, 9.17) is 0 Å². The maximum absolute atomic E-state index is 13.3. The molecule has 0 heterocycles. The number of rotatable bonds is 2. The van der Waals surface area contributed by atoms with E-state index in [1.807, 2.05) is 0 Å². The molecule has 0 aromatic heterocycles. The molecular formula is C12H14F2O2. The van der Waals surface area contributed by atoms with Gasteiger partial charge in [0.2, 0.25) is 0 Å². The first-order valence-corrected chi connectivity index (χ1v) is 4.91. The van der Waals surface area contributed by atoms with Gasteiger partial charge in [-0.15, -0.1) is 0 Å². The molecule has 1 aromatic rings. The lowest BCUT2D eigenvalue weighted by molar-refractivity contribution is 0.0438. The highest BCUT2D eigenvalue weighted by Gasteiger charge is 2.31. The van der Waals surface area contributed by atoms with Crippen LogP contribution in [-0.4, -0.2) is 17.0 Å². The van der Waals surface area contributed by atoms with Gasteiger partial charge in [0.25, 0.3) is 0 Å². The molecule has 0 saturated carbocycles. The van der Waals surface area contributed by atoms with Crippen LogP contribution in [0.25, 0.3) is 0 Å². The van der Waals surface area contributed by atoms with Gasteiger partial charge in [0.05, 0.1) is 5.56 Å². The normalized spacial score (nSPS) is 13.6. The highest BCUT2D eigenvalue weighted by atomic mass is 19.2. The van der Waals surface area contributed by atoms with Crippen LogP contribution in [0.2, 0.25) is 0 Å². The molecule has 0 aliphatic heterocycles. The Hall–Kier alpha value is -1.29. The van der Waals surface area contributed by atoms with E-state index in [-0.39, 0.29) is 0 Å². The second kappa shape index (κ2) is 4.29. The Balaban J connectivity index is 3.11. The summed E-state index contributed by atoms with van der Waals surface area (Å²) in [6, 6.07) is 3.33. The van der Waals surface area contributed by atoms with Crippen molar-refractivity contribution in [1.82, 2.24) is 0 Å². The van der Waals surface area contributed by atoms with E-state index in [2.05, 4.69) is 0 Å². The van der Waals surface area contributed by atoms with Crippen LogP contribution in [0.3, 0.4) is 0 Å². The van der Waals surface area contributed by atoms with E-state index < -0.39 is 34.5 Å². The standard InChI is InChI=1S/C12H14F2O2/c1-12(2,3)11(16)10(15)7-5-4-6-8(13)9(7)14/h4-6,11,16H,1-3H3. The van der Waals surface area contributed by atoms with Crippen molar-refractivity contribution < 1.29 is 18.7 Å². The molecule has 88 valence electrons. The van der Waals surface area contributed by atoms with Crippen LogP contribution in [0.15, 0.2) is 18.2 Å². The van der Waals surface area contributed by atoms with Crippen LogP contribution in [0.4, 0.5) is 8.78 Å². The maximum Gasteiger partial charge on any atom is 0.194 e. The number of benzene rings is 1. The van der Waals surface area contributed by atoms with Gasteiger partial charge in [-0.2, -0.15) is 0 Å². The van der Waals surface area contributed by atoms with E-state index >= 15 is 0 Å². The van der Waals surface area contributed by atoms with Gasteiger partial charge in [0, 0.05) is 0 Å². The molecule has 0 aliphatic carbocycles. The average molecular weight is 228 g/mol. The van der Waals surface area contributed by atoms with Crippen molar-refractivity contribution in [1.29, 1.82) is 0 Å². The summed E-state index contributed by atoms with van der Waals surface area (Å²) >= 11 is 0. The summed E-state index contributed by atoms with van der Waals surface area (Å²) in [5.74, 6) is -3.10. The van der Waals surface area contributed by atoms with Crippen LogP contribution in [-0.2, 0) is 0 Å². The molecule has 2 nitrogen and oxygen atoms in total. The predicted octanol–water partition coefficient (Wildman–Crippen LogP) is 2.55. The van der Waals surface area contributed by atoms with Crippen molar-refractivity contribution in [2.45, 2.75) is 26.9 Å². The number of halogens is 2. The van der Waals surface area contributed by atoms with Gasteiger partial charge in [-0.05, 0) is 17.5 Å². The predicted molar refractivity (Wildman–Crippen MR) is 56.2 cm³/mol. The van der Waals surface area contributed by atoms with E-state index in [1.165, 1.54) is 6.07 Å². The molecule has 0 spiro atoms. The van der Waals surface area contributed by atoms with E-state index in [9.17, 15) is 18.7 Å². The van der Waals surface area contributed by atoms with E-state index in [0.717, 1.165) is 12.1 Å². The minimum Gasteiger partial charge on any atom is -0.384 e. The highest BCUT2D eigenvalue weighted by molar-refractivity contribution is 6.00. The molecule has 16 heavy (non-hydrogen) atoms. The monoisotopic (exact) mass is 228 g/mol. The topological polar surface area (TPSA) is 37.3 Å². The first-order valence-electron chi connectivity index (χ1n) is 4.91. The van der Waals surface area contributed by atoms with Crippen molar-refractivity contribution in [2.24, 2.45) is 5.41 Å². The summed E-state index contributed by atoms with van der Waals surface area (Å²) in [6.45, 7) is 4.94. The lowest BCUT2D eigenvalue weighted by Gasteiger charge is -2.24. The largest absolute Gasteiger partial charge is 0.384 e. The minimum absolute atomic E-state index is 0.414. The Morgan fingerprint density at radius 3 is 2.38 bits per heavy atom. The second-order valence-corrected chi connectivity index (χ2v) is 4.73. The van der Waals surface area contributed by atoms with Crippen molar-refractivity contribution in [3.05, 3.63) is 35.4 Å². The third kappa shape index (κ3) is 2.44. The van der Waals surface area contributed by atoms with Crippen molar-refractivity contribution in [3.63, 3.8) is 0 Å². The minimum atomic E-state index is -1.36. The summed E-state index contributed by atoms with van der Waals surface area (Å²) in [4.78, 5) is 11.7. The van der Waals surface area contributed by atoms with Gasteiger partial charge in [-0.1, -0.05) is 26.8 Å². The zero-order chi connectivity index (χ0) is 12.5. The third-order valence-electron chi connectivity index (χ3n) is 2.29. The zero-order valence-corrected chi connectivity index (χ0v) is 9.42. The highest BCUT2D eigenvalue weighted by Crippen LogP contribution is 2.24. The van der Waals surface area contributed by atoms with Crippen LogP contribution in [0, 0.1) is 17.0 Å². The molecule has 0 radical (unpaired) electrons. The second-order valence-electron chi connectivity index (χ2n) is 4.73. The van der Waals surface area contributed by atoms with Gasteiger partial charge in [-0.3, -0.25) is 4.79 Å². The molecule has 1 rings (SSSR count). The Morgan fingerprint density at radius 2 is 1.88 bits per heavy atom. The first kappa shape index (κ1) is 12.8. The van der Waals surface area contributed by atoms with Gasteiger partial charge in [0.1, 0.15) is 6.10 Å². The van der Waals surface area contributed by atoms with Crippen LogP contribution >= 0.6 is 0 Å². The lowest BCUT2D eigenvalue weighted by atomic mass is 9.84. The molecule has 1 atom stereocenters. The number of hydrogen-bond donors (Lipinski definition) is 1. The molecule has 0 amide bonds. The van der Waals surface area contributed by atoms with Crippen molar-refractivity contribution >= 4 is 5.78 Å². The quantitative estimate of drug-likeness (QED) is 0.790. The third-order valence-corrected chi connectivity index (χ3v) is 2.29. The molecule has 4 heteroatoms. The van der Waals surface area contributed by atoms with Gasteiger partial charge in [-0.25, -0.2) is 8.78 Å². The van der Waals surface area contributed by atoms with Gasteiger partial charge >= 0.3 is 0 Å². The fraction of sp³-hybridized carbons (Fsp3) is 0.417. The van der Waals surface area contributed by atoms with Crippen LogP contribution < -0.4 is 0 Å². The molecular weight excluding hydrogens is 214 g/mol. The fourth-order valence-electron chi connectivity index (χ4n) is 1.23. The Bertz CT molecular complexity index is 408. The fourth-order valence-corrected chi connectivity index (χ4v) is 1.23. The molecule has 0 bridgehead atoms. The zero-order valence-electron chi connectivity index (χ0n) is 9.42. The lowest BCUT2D eigenvalue weighted by Crippen LogP contribution is -2.34.